The van der Waals surface area contributed by atoms with E-state index in [1.165, 1.54) is 0 Å². The number of nitrogens with zero attached hydrogens (tertiary/aromatic N) is 2. The van der Waals surface area contributed by atoms with Gasteiger partial charge in [0.05, 0.1) is 11.9 Å². The molecule has 0 fully saturated rings. The minimum absolute atomic E-state index is 0.205. The second-order valence-electron chi connectivity index (χ2n) is 3.97. The minimum atomic E-state index is -4.34. The van der Waals surface area contributed by atoms with Crippen LogP contribution in [-0.4, -0.2) is 41.7 Å². The summed E-state index contributed by atoms with van der Waals surface area (Å²) in [4.78, 5) is 11.4. The lowest BCUT2D eigenvalue weighted by atomic mass is 10.4. The summed E-state index contributed by atoms with van der Waals surface area (Å²) in [5.41, 5.74) is 0.205. The molecule has 0 bridgehead atoms. The Hall–Kier alpha value is -1.77. The van der Waals surface area contributed by atoms with Crippen LogP contribution in [0.2, 0.25) is 0 Å². The Morgan fingerprint density at radius 3 is 2.90 bits per heavy atom. The number of carbonyl (C=O) groups excluding carboxylic acids is 1. The number of hydrogen-bond acceptors (Lipinski definition) is 3. The first-order chi connectivity index (χ1) is 9.40. The molecule has 0 unspecified atom stereocenters. The summed E-state index contributed by atoms with van der Waals surface area (Å²) in [6, 6.07) is -0.493. The third-order valence-electron chi connectivity index (χ3n) is 2.19. The maximum atomic E-state index is 12.1. The first-order valence-corrected chi connectivity index (χ1v) is 6.12. The van der Waals surface area contributed by atoms with Crippen LogP contribution in [0, 0.1) is 0 Å². The monoisotopic (exact) mass is 294 g/mol. The largest absolute Gasteiger partial charge is 0.408 e. The number of ether oxygens (including phenoxy) is 1. The Balaban J connectivity index is 2.28. The van der Waals surface area contributed by atoms with E-state index in [4.69, 9.17) is 4.74 Å². The van der Waals surface area contributed by atoms with Crippen LogP contribution in [0.25, 0.3) is 0 Å². The zero-order chi connectivity index (χ0) is 15.0. The van der Waals surface area contributed by atoms with Gasteiger partial charge in [-0.15, -0.1) is 0 Å². The van der Waals surface area contributed by atoms with E-state index in [2.05, 4.69) is 15.7 Å². The van der Waals surface area contributed by atoms with Crippen molar-refractivity contribution in [1.82, 2.24) is 15.1 Å². The number of hydrogen-bond donors (Lipinski definition) is 2. The topological polar surface area (TPSA) is 68.2 Å². The van der Waals surface area contributed by atoms with Crippen molar-refractivity contribution in [1.29, 1.82) is 0 Å². The fraction of sp³-hybridized carbons (Fsp3) is 0.636. The zero-order valence-corrected chi connectivity index (χ0v) is 11.0. The number of anilines is 1. The highest BCUT2D eigenvalue weighted by molar-refractivity contribution is 5.88. The molecule has 0 spiro atoms. The summed E-state index contributed by atoms with van der Waals surface area (Å²) in [5.74, 6) is 0. The van der Waals surface area contributed by atoms with Crippen LogP contribution in [-0.2, 0) is 11.3 Å². The number of carbonyl (C=O) groups is 1. The number of nitrogens with one attached hydrogen (secondary N) is 2. The standard InChI is InChI=1S/C11H17F3N4O2/c1-2-20-5-3-4-15-10(19)17-9-6-16-18(7-9)8-11(12,13)14/h6-7H,2-5,8H2,1H3,(H2,15,17,19). The molecule has 20 heavy (non-hydrogen) atoms. The Kier molecular flexibility index (Phi) is 6.29. The van der Waals surface area contributed by atoms with Crippen molar-refractivity contribution in [2.45, 2.75) is 26.1 Å². The molecule has 6 nitrogen and oxygen atoms in total. The van der Waals surface area contributed by atoms with E-state index in [0.29, 0.717) is 30.9 Å². The third kappa shape index (κ3) is 6.98. The molecule has 2 amide bonds. The molecule has 0 saturated heterocycles. The lowest BCUT2D eigenvalue weighted by Gasteiger charge is -2.06. The van der Waals surface area contributed by atoms with Gasteiger partial charge in [0.1, 0.15) is 6.54 Å². The van der Waals surface area contributed by atoms with Gasteiger partial charge in [-0.3, -0.25) is 4.68 Å². The first kappa shape index (κ1) is 16.3. The summed E-state index contributed by atoms with van der Waals surface area (Å²) in [5, 5.41) is 8.47. The fourth-order valence-corrected chi connectivity index (χ4v) is 1.39. The van der Waals surface area contributed by atoms with Crippen molar-refractivity contribution in [2.75, 3.05) is 25.1 Å². The van der Waals surface area contributed by atoms with E-state index in [1.807, 2.05) is 6.92 Å². The maximum absolute atomic E-state index is 12.1. The molecule has 1 rings (SSSR count). The third-order valence-corrected chi connectivity index (χ3v) is 2.19. The molecule has 2 N–H and O–H groups in total. The van der Waals surface area contributed by atoms with Crippen molar-refractivity contribution < 1.29 is 22.7 Å². The highest BCUT2D eigenvalue weighted by Crippen LogP contribution is 2.17. The lowest BCUT2D eigenvalue weighted by molar-refractivity contribution is -0.142. The van der Waals surface area contributed by atoms with Gasteiger partial charge < -0.3 is 15.4 Å². The van der Waals surface area contributed by atoms with Gasteiger partial charge in [-0.25, -0.2) is 4.79 Å². The van der Waals surface area contributed by atoms with Crippen LogP contribution in [0.15, 0.2) is 12.4 Å². The Labute approximate surface area is 114 Å². The molecule has 1 aromatic rings. The molecular weight excluding hydrogens is 277 g/mol. The van der Waals surface area contributed by atoms with E-state index in [-0.39, 0.29) is 5.69 Å². The zero-order valence-electron chi connectivity index (χ0n) is 11.0. The number of aromatic nitrogens is 2. The number of urea groups is 1. The van der Waals surface area contributed by atoms with Crippen LogP contribution in [0.3, 0.4) is 0 Å². The summed E-state index contributed by atoms with van der Waals surface area (Å²) in [6.45, 7) is 2.26. The Bertz CT molecular complexity index is 420. The van der Waals surface area contributed by atoms with E-state index >= 15 is 0 Å². The van der Waals surface area contributed by atoms with E-state index in [9.17, 15) is 18.0 Å². The normalized spacial score (nSPS) is 11.4. The van der Waals surface area contributed by atoms with Gasteiger partial charge in [-0.05, 0) is 13.3 Å². The second-order valence-corrected chi connectivity index (χ2v) is 3.97. The molecule has 0 aliphatic heterocycles. The van der Waals surface area contributed by atoms with Crippen molar-refractivity contribution in [3.63, 3.8) is 0 Å². The van der Waals surface area contributed by atoms with Gasteiger partial charge in [0.25, 0.3) is 0 Å². The molecule has 0 saturated carbocycles. The van der Waals surface area contributed by atoms with Crippen LogP contribution in [0.4, 0.5) is 23.7 Å². The molecule has 1 heterocycles. The molecule has 0 radical (unpaired) electrons. The summed E-state index contributed by atoms with van der Waals surface area (Å²) in [7, 11) is 0. The molecule has 0 aromatic carbocycles. The maximum Gasteiger partial charge on any atom is 0.408 e. The summed E-state index contributed by atoms with van der Waals surface area (Å²) >= 11 is 0. The predicted octanol–water partition coefficient (Wildman–Crippen LogP) is 1.99. The molecule has 9 heteroatoms. The van der Waals surface area contributed by atoms with Crippen LogP contribution < -0.4 is 10.6 Å². The van der Waals surface area contributed by atoms with Crippen LogP contribution in [0.5, 0.6) is 0 Å². The quantitative estimate of drug-likeness (QED) is 0.756. The van der Waals surface area contributed by atoms with Crippen LogP contribution >= 0.6 is 0 Å². The molecular formula is C11H17F3N4O2. The van der Waals surface area contributed by atoms with Crippen LogP contribution in [0.1, 0.15) is 13.3 Å². The van der Waals surface area contributed by atoms with Crippen molar-refractivity contribution in [3.8, 4) is 0 Å². The molecule has 0 aliphatic carbocycles. The average molecular weight is 294 g/mol. The Morgan fingerprint density at radius 2 is 2.25 bits per heavy atom. The molecule has 0 atom stereocenters. The van der Waals surface area contributed by atoms with Crippen molar-refractivity contribution >= 4 is 11.7 Å². The fourth-order valence-electron chi connectivity index (χ4n) is 1.39. The number of rotatable bonds is 7. The molecule has 1 aromatic heterocycles. The van der Waals surface area contributed by atoms with E-state index < -0.39 is 18.8 Å². The van der Waals surface area contributed by atoms with Gasteiger partial charge >= 0.3 is 12.2 Å². The smallest absolute Gasteiger partial charge is 0.382 e. The predicted molar refractivity (Wildman–Crippen MR) is 66.4 cm³/mol. The van der Waals surface area contributed by atoms with Gasteiger partial charge in [-0.1, -0.05) is 0 Å². The minimum Gasteiger partial charge on any atom is -0.382 e. The summed E-state index contributed by atoms with van der Waals surface area (Å²) in [6.07, 6.45) is -1.40. The SMILES string of the molecule is CCOCCCNC(=O)Nc1cnn(CC(F)(F)F)c1. The second kappa shape index (κ2) is 7.73. The van der Waals surface area contributed by atoms with Gasteiger partial charge in [0.2, 0.25) is 0 Å². The van der Waals surface area contributed by atoms with Crippen molar-refractivity contribution in [3.05, 3.63) is 12.4 Å². The highest BCUT2D eigenvalue weighted by Gasteiger charge is 2.28. The molecule has 0 aliphatic rings. The van der Waals surface area contributed by atoms with E-state index in [1.54, 1.807) is 0 Å². The highest BCUT2D eigenvalue weighted by atomic mass is 19.4. The molecule has 114 valence electrons. The number of halogens is 3. The average Bonchev–Trinajstić information content (AvgIpc) is 2.73. The summed E-state index contributed by atoms with van der Waals surface area (Å²) < 4.78 is 42.1. The number of amides is 2. The lowest BCUT2D eigenvalue weighted by Crippen LogP contribution is -2.30. The van der Waals surface area contributed by atoms with Gasteiger partial charge in [0.15, 0.2) is 0 Å². The van der Waals surface area contributed by atoms with E-state index in [0.717, 1.165) is 12.4 Å². The van der Waals surface area contributed by atoms with Crippen molar-refractivity contribution in [2.24, 2.45) is 0 Å². The number of alkyl halides is 3. The Morgan fingerprint density at radius 1 is 1.50 bits per heavy atom. The first-order valence-electron chi connectivity index (χ1n) is 6.12. The van der Waals surface area contributed by atoms with Gasteiger partial charge in [-0.2, -0.15) is 18.3 Å². The van der Waals surface area contributed by atoms with Gasteiger partial charge in [0, 0.05) is 26.0 Å².